The van der Waals surface area contributed by atoms with E-state index >= 15 is 0 Å². The van der Waals surface area contributed by atoms with Gasteiger partial charge in [-0.2, -0.15) is 0 Å². The number of allylic oxidation sites excluding steroid dienone is 3. The Morgan fingerprint density at radius 2 is 1.61 bits per heavy atom. The van der Waals surface area contributed by atoms with Crippen LogP contribution in [0.25, 0.3) is 0 Å². The molecule has 0 aromatic carbocycles. The van der Waals surface area contributed by atoms with Crippen LogP contribution in [0.3, 0.4) is 0 Å². The first kappa shape index (κ1) is 15.5. The lowest BCUT2D eigenvalue weighted by Crippen LogP contribution is -1.88. The molecule has 1 aliphatic heterocycles. The molecule has 1 fully saturated rings. The number of hydrogen-bond donors (Lipinski definition) is 0. The van der Waals surface area contributed by atoms with E-state index < -0.39 is 0 Å². The highest BCUT2D eigenvalue weighted by atomic mass is 16.6. The van der Waals surface area contributed by atoms with E-state index in [0.717, 1.165) is 19.3 Å². The fraction of sp³-hybridized carbons (Fsp3) is 0.765. The van der Waals surface area contributed by atoms with E-state index in [0.29, 0.717) is 12.2 Å². The molecule has 2 atom stereocenters. The topological polar surface area (TPSA) is 12.5 Å². The molecule has 1 heteroatoms. The summed E-state index contributed by atoms with van der Waals surface area (Å²) in [6.45, 7) is 4.46. The molecule has 0 aliphatic carbocycles. The van der Waals surface area contributed by atoms with Gasteiger partial charge in [0, 0.05) is 0 Å². The fourth-order valence-electron chi connectivity index (χ4n) is 2.23. The van der Waals surface area contributed by atoms with E-state index in [1.807, 2.05) is 0 Å². The number of unbranched alkanes of at least 4 members (excludes halogenated alkanes) is 5. The minimum absolute atomic E-state index is 0.522. The summed E-state index contributed by atoms with van der Waals surface area (Å²) in [6, 6.07) is 0. The van der Waals surface area contributed by atoms with Crippen molar-refractivity contribution in [3.8, 4) is 0 Å². The van der Waals surface area contributed by atoms with Crippen molar-refractivity contribution in [2.24, 2.45) is 0 Å². The lowest BCUT2D eigenvalue weighted by Gasteiger charge is -1.95. The molecule has 0 amide bonds. The van der Waals surface area contributed by atoms with E-state index in [-0.39, 0.29) is 0 Å². The maximum absolute atomic E-state index is 5.49. The second kappa shape index (κ2) is 10.4. The van der Waals surface area contributed by atoms with Crippen LogP contribution in [0.5, 0.6) is 0 Å². The van der Waals surface area contributed by atoms with Crippen molar-refractivity contribution in [3.05, 3.63) is 24.3 Å². The Hall–Kier alpha value is -0.560. The molecule has 18 heavy (non-hydrogen) atoms. The summed E-state index contributed by atoms with van der Waals surface area (Å²) in [6.07, 6.45) is 21.7. The smallest absolute Gasteiger partial charge is 0.0876 e. The van der Waals surface area contributed by atoms with Crippen molar-refractivity contribution in [2.45, 2.75) is 83.8 Å². The Morgan fingerprint density at radius 1 is 0.833 bits per heavy atom. The van der Waals surface area contributed by atoms with Gasteiger partial charge in [-0.25, -0.2) is 0 Å². The van der Waals surface area contributed by atoms with E-state index in [9.17, 15) is 0 Å². The number of epoxide rings is 1. The monoisotopic (exact) mass is 250 g/mol. The van der Waals surface area contributed by atoms with Crippen molar-refractivity contribution in [3.63, 3.8) is 0 Å². The highest BCUT2D eigenvalue weighted by molar-refractivity contribution is 4.97. The van der Waals surface area contributed by atoms with Crippen molar-refractivity contribution in [1.29, 1.82) is 0 Å². The van der Waals surface area contributed by atoms with Gasteiger partial charge in [0.1, 0.15) is 0 Å². The third-order valence-corrected chi connectivity index (χ3v) is 3.54. The predicted molar refractivity (Wildman–Crippen MR) is 79.8 cm³/mol. The number of rotatable bonds is 11. The van der Waals surface area contributed by atoms with E-state index in [2.05, 4.69) is 38.2 Å². The molecule has 0 unspecified atom stereocenters. The summed E-state index contributed by atoms with van der Waals surface area (Å²) in [4.78, 5) is 0. The van der Waals surface area contributed by atoms with Crippen LogP contribution in [0.15, 0.2) is 24.3 Å². The van der Waals surface area contributed by atoms with Gasteiger partial charge in [0.25, 0.3) is 0 Å². The Labute approximate surface area is 113 Å². The zero-order valence-corrected chi connectivity index (χ0v) is 12.2. The maximum atomic E-state index is 5.49. The molecule has 0 spiro atoms. The summed E-state index contributed by atoms with van der Waals surface area (Å²) in [5.41, 5.74) is 0. The molecule has 1 heterocycles. The Bertz CT molecular complexity index is 242. The quantitative estimate of drug-likeness (QED) is 0.271. The van der Waals surface area contributed by atoms with Crippen LogP contribution in [0, 0.1) is 0 Å². The van der Waals surface area contributed by atoms with Crippen molar-refractivity contribution in [2.75, 3.05) is 0 Å². The predicted octanol–water partition coefficient (Wildman–Crippen LogP) is 5.42. The molecule has 1 rings (SSSR count). The van der Waals surface area contributed by atoms with Gasteiger partial charge in [0.05, 0.1) is 12.2 Å². The van der Waals surface area contributed by atoms with Gasteiger partial charge in [-0.1, -0.05) is 63.8 Å². The number of hydrogen-bond acceptors (Lipinski definition) is 1. The molecule has 0 bridgehead atoms. The molecule has 0 aromatic heterocycles. The first-order chi connectivity index (χ1) is 8.88. The van der Waals surface area contributed by atoms with E-state index in [1.165, 1.54) is 38.5 Å². The second-order valence-corrected chi connectivity index (χ2v) is 5.24. The van der Waals surface area contributed by atoms with Crippen LogP contribution >= 0.6 is 0 Å². The molecule has 1 aliphatic rings. The largest absolute Gasteiger partial charge is 0.369 e. The van der Waals surface area contributed by atoms with Gasteiger partial charge in [-0.15, -0.1) is 0 Å². The molecule has 1 saturated heterocycles. The molecule has 104 valence electrons. The summed E-state index contributed by atoms with van der Waals surface area (Å²) in [5, 5.41) is 0. The third kappa shape index (κ3) is 7.71. The van der Waals surface area contributed by atoms with Gasteiger partial charge in [-0.3, -0.25) is 0 Å². The SMILES string of the molecule is CCCCCCC/C=C\C/C=C\C[C@@H]1O[C@@H]1CC. The Kier molecular flexibility index (Phi) is 8.93. The first-order valence-electron chi connectivity index (χ1n) is 7.84. The molecular weight excluding hydrogens is 220 g/mol. The highest BCUT2D eigenvalue weighted by Gasteiger charge is 2.35. The lowest BCUT2D eigenvalue weighted by atomic mass is 10.1. The maximum Gasteiger partial charge on any atom is 0.0876 e. The number of ether oxygens (including phenoxy) is 1. The zero-order chi connectivity index (χ0) is 13.1. The summed E-state index contributed by atoms with van der Waals surface area (Å²) in [7, 11) is 0. The molecule has 0 N–H and O–H groups in total. The third-order valence-electron chi connectivity index (χ3n) is 3.54. The summed E-state index contributed by atoms with van der Waals surface area (Å²) < 4.78 is 5.49. The van der Waals surface area contributed by atoms with Crippen molar-refractivity contribution in [1.82, 2.24) is 0 Å². The van der Waals surface area contributed by atoms with Crippen LogP contribution in [0.4, 0.5) is 0 Å². The van der Waals surface area contributed by atoms with Gasteiger partial charge in [-0.05, 0) is 32.1 Å². The van der Waals surface area contributed by atoms with Crippen LogP contribution in [-0.4, -0.2) is 12.2 Å². The molecule has 0 aromatic rings. The normalized spacial score (nSPS) is 23.2. The average Bonchev–Trinajstić information content (AvgIpc) is 3.14. The van der Waals surface area contributed by atoms with Crippen molar-refractivity contribution >= 4 is 0 Å². The van der Waals surface area contributed by atoms with Crippen molar-refractivity contribution < 1.29 is 4.74 Å². The van der Waals surface area contributed by atoms with E-state index in [1.54, 1.807) is 0 Å². The minimum Gasteiger partial charge on any atom is -0.369 e. The van der Waals surface area contributed by atoms with Crippen LogP contribution < -0.4 is 0 Å². The minimum atomic E-state index is 0.522. The van der Waals surface area contributed by atoms with Crippen LogP contribution in [-0.2, 0) is 4.74 Å². The average molecular weight is 250 g/mol. The van der Waals surface area contributed by atoms with Gasteiger partial charge in [0.2, 0.25) is 0 Å². The van der Waals surface area contributed by atoms with Gasteiger partial charge >= 0.3 is 0 Å². The zero-order valence-electron chi connectivity index (χ0n) is 12.2. The van der Waals surface area contributed by atoms with Crippen LogP contribution in [0.2, 0.25) is 0 Å². The second-order valence-electron chi connectivity index (χ2n) is 5.24. The van der Waals surface area contributed by atoms with E-state index in [4.69, 9.17) is 4.74 Å². The molecular formula is C17H30O. The van der Waals surface area contributed by atoms with Gasteiger partial charge in [0.15, 0.2) is 0 Å². The lowest BCUT2D eigenvalue weighted by molar-refractivity contribution is 0.367. The fourth-order valence-corrected chi connectivity index (χ4v) is 2.23. The summed E-state index contributed by atoms with van der Waals surface area (Å²) >= 11 is 0. The Morgan fingerprint density at radius 3 is 2.33 bits per heavy atom. The molecule has 0 saturated carbocycles. The van der Waals surface area contributed by atoms with Crippen LogP contribution in [0.1, 0.15) is 71.6 Å². The summed E-state index contributed by atoms with van der Waals surface area (Å²) in [5.74, 6) is 0. The standard InChI is InChI=1S/C17H30O/c1-3-5-6-7-8-9-10-11-12-13-14-15-17-16(4-2)18-17/h10-11,13-14,16-17H,3-9,12,15H2,1-2H3/b11-10-,14-13-/t16-,17+/m1/s1. The Balaban J connectivity index is 1.83. The molecule has 1 nitrogen and oxygen atoms in total. The highest BCUT2D eigenvalue weighted by Crippen LogP contribution is 2.28. The first-order valence-corrected chi connectivity index (χ1v) is 7.84. The van der Waals surface area contributed by atoms with Gasteiger partial charge < -0.3 is 4.74 Å². The molecule has 0 radical (unpaired) electrons.